The van der Waals surface area contributed by atoms with Gasteiger partial charge in [-0.05, 0) is 89.9 Å². The van der Waals surface area contributed by atoms with E-state index in [1.165, 1.54) is 0 Å². The number of hydrogen-bond acceptors (Lipinski definition) is 15. The second-order valence-electron chi connectivity index (χ2n) is 18.1. The fourth-order valence-corrected chi connectivity index (χ4v) is 7.35. The second-order valence-corrected chi connectivity index (χ2v) is 18.1. The maximum atomic E-state index is 14.0. The Balaban J connectivity index is 2.85. The van der Waals surface area contributed by atoms with Gasteiger partial charge in [0.15, 0.2) is 0 Å². The molecule has 0 unspecified atom stereocenters. The Morgan fingerprint density at radius 2 is 0.716 bits per heavy atom. The van der Waals surface area contributed by atoms with E-state index in [0.29, 0.717) is 83.1 Å². The van der Waals surface area contributed by atoms with E-state index < -0.39 is 42.3 Å². The fourth-order valence-electron chi connectivity index (χ4n) is 7.35. The molecule has 1 aliphatic carbocycles. The molecule has 0 aromatic carbocycles. The molecule has 1 fully saturated rings. The van der Waals surface area contributed by atoms with Crippen LogP contribution in [-0.2, 0) is 66.7 Å². The molecule has 1 N–H and O–H groups in total. The van der Waals surface area contributed by atoms with E-state index in [9.17, 15) is 33.6 Å². The van der Waals surface area contributed by atoms with Crippen LogP contribution in [0.1, 0.15) is 233 Å². The molecule has 0 heterocycles. The van der Waals surface area contributed by atoms with Gasteiger partial charge in [0, 0.05) is 31.8 Å². The molecule has 1 saturated carbocycles. The third-order valence-electron chi connectivity index (χ3n) is 11.8. The summed E-state index contributed by atoms with van der Waals surface area (Å²) < 4.78 is 38.4. The zero-order chi connectivity index (χ0) is 49.1. The maximum Gasteiger partial charge on any atom is 0.351 e. The SMILES string of the molecule is CCCCCCCC(=O)OCCCCCOC(=O)CC(CC(=O)OCCCCCOC(=O)CCCCCCC)(OC(=O)CCNC1CCC1)C(=O)OCCCCCOC(=O)CCCCCCC. The maximum absolute atomic E-state index is 14.0. The highest BCUT2D eigenvalue weighted by molar-refractivity contribution is 5.92. The average molecular weight is 954 g/mol. The smallest absolute Gasteiger partial charge is 0.351 e. The van der Waals surface area contributed by atoms with Crippen LogP contribution in [0.5, 0.6) is 0 Å². The number of esters is 7. The van der Waals surface area contributed by atoms with E-state index in [-0.39, 0.29) is 70.5 Å². The number of carbonyl (C=O) groups excluding carboxylic acids is 7. The molecule has 0 bridgehead atoms. The Labute approximate surface area is 403 Å². The standard InChI is InChI=1S/C52H91NO14/c1-4-7-10-13-19-31-45(54)61-36-22-16-25-39-64-49(58)42-52(67-48(57)34-35-53-44-29-28-30-44,51(60)66-41-27-18-24-38-63-47(56)33-21-15-12-9-6-3)43-50(59)65-40-26-17-23-37-62-46(55)32-20-14-11-8-5-2/h44,53H,4-43H2,1-3H3. The normalized spacial score (nSPS) is 12.5. The minimum Gasteiger partial charge on any atom is -0.466 e. The molecule has 0 radical (unpaired) electrons. The van der Waals surface area contributed by atoms with Crippen LogP contribution >= 0.6 is 0 Å². The van der Waals surface area contributed by atoms with Crippen molar-refractivity contribution in [1.29, 1.82) is 0 Å². The molecule has 1 aliphatic rings. The van der Waals surface area contributed by atoms with Gasteiger partial charge in [0.1, 0.15) is 0 Å². The molecule has 0 aromatic heterocycles. The molecular formula is C52H91NO14. The molecular weight excluding hydrogens is 863 g/mol. The van der Waals surface area contributed by atoms with Crippen molar-refractivity contribution in [3.8, 4) is 0 Å². The van der Waals surface area contributed by atoms with Crippen LogP contribution in [0.15, 0.2) is 0 Å². The summed E-state index contributed by atoms with van der Waals surface area (Å²) in [6.45, 7) is 7.38. The molecule has 0 spiro atoms. The Hall–Kier alpha value is -3.75. The van der Waals surface area contributed by atoms with Gasteiger partial charge in [-0.3, -0.25) is 28.8 Å². The van der Waals surface area contributed by atoms with Crippen LogP contribution < -0.4 is 5.32 Å². The third-order valence-corrected chi connectivity index (χ3v) is 11.8. The summed E-state index contributed by atoms with van der Waals surface area (Å²) in [4.78, 5) is 90.4. The predicted molar refractivity (Wildman–Crippen MR) is 256 cm³/mol. The van der Waals surface area contributed by atoms with E-state index in [1.54, 1.807) is 0 Å². The van der Waals surface area contributed by atoms with Crippen molar-refractivity contribution in [3.63, 3.8) is 0 Å². The van der Waals surface area contributed by atoms with Crippen molar-refractivity contribution >= 4 is 41.8 Å². The van der Waals surface area contributed by atoms with Crippen LogP contribution in [-0.4, -0.2) is 99.6 Å². The highest BCUT2D eigenvalue weighted by Crippen LogP contribution is 2.27. The van der Waals surface area contributed by atoms with Gasteiger partial charge in [0.05, 0.1) is 58.9 Å². The minimum absolute atomic E-state index is 0.00324. The van der Waals surface area contributed by atoms with E-state index >= 15 is 0 Å². The molecule has 0 atom stereocenters. The summed E-state index contributed by atoms with van der Waals surface area (Å²) in [6, 6.07) is 0.297. The summed E-state index contributed by atoms with van der Waals surface area (Å²) in [5, 5.41) is 3.28. The lowest BCUT2D eigenvalue weighted by atomic mass is 9.93. The van der Waals surface area contributed by atoms with Gasteiger partial charge < -0.3 is 38.5 Å². The largest absolute Gasteiger partial charge is 0.466 e. The number of rotatable bonds is 46. The lowest BCUT2D eigenvalue weighted by molar-refractivity contribution is -0.191. The zero-order valence-electron chi connectivity index (χ0n) is 42.1. The Morgan fingerprint density at radius 3 is 1.06 bits per heavy atom. The highest BCUT2D eigenvalue weighted by Gasteiger charge is 2.49. The monoisotopic (exact) mass is 954 g/mol. The van der Waals surface area contributed by atoms with Gasteiger partial charge in [-0.25, -0.2) is 4.79 Å². The Bertz CT molecular complexity index is 1280. The van der Waals surface area contributed by atoms with Gasteiger partial charge in [-0.15, -0.1) is 0 Å². The van der Waals surface area contributed by atoms with Gasteiger partial charge in [-0.2, -0.15) is 0 Å². The van der Waals surface area contributed by atoms with Crippen LogP contribution in [0.25, 0.3) is 0 Å². The van der Waals surface area contributed by atoms with Gasteiger partial charge in [0.25, 0.3) is 0 Å². The summed E-state index contributed by atoms with van der Waals surface area (Å²) >= 11 is 0. The first-order chi connectivity index (χ1) is 32.5. The first-order valence-corrected chi connectivity index (χ1v) is 26.5. The minimum atomic E-state index is -2.34. The molecule has 15 heteroatoms. The first kappa shape index (κ1) is 61.3. The number of nitrogens with one attached hydrogen (secondary N) is 1. The molecule has 0 amide bonds. The van der Waals surface area contributed by atoms with Crippen molar-refractivity contribution in [2.75, 3.05) is 46.2 Å². The third kappa shape index (κ3) is 35.1. The number of carbonyl (C=O) groups is 7. The van der Waals surface area contributed by atoms with Gasteiger partial charge in [-0.1, -0.05) is 104 Å². The summed E-state index contributed by atoms with van der Waals surface area (Å²) in [5.41, 5.74) is -2.34. The van der Waals surface area contributed by atoms with Crippen LogP contribution in [0.4, 0.5) is 0 Å². The Kier molecular flexibility index (Phi) is 38.7. The quantitative estimate of drug-likeness (QED) is 0.0343. The van der Waals surface area contributed by atoms with Crippen molar-refractivity contribution in [2.24, 2.45) is 0 Å². The Morgan fingerprint density at radius 1 is 0.388 bits per heavy atom. The van der Waals surface area contributed by atoms with Crippen molar-refractivity contribution < 1.29 is 66.7 Å². The van der Waals surface area contributed by atoms with Crippen LogP contribution in [0.2, 0.25) is 0 Å². The summed E-state index contributed by atoms with van der Waals surface area (Å²) in [5.74, 6) is -4.24. The first-order valence-electron chi connectivity index (χ1n) is 26.5. The zero-order valence-corrected chi connectivity index (χ0v) is 42.1. The molecule has 67 heavy (non-hydrogen) atoms. The number of unbranched alkanes of at least 4 members (excludes halogenated alkanes) is 18. The predicted octanol–water partition coefficient (Wildman–Crippen LogP) is 10.4. The molecule has 388 valence electrons. The van der Waals surface area contributed by atoms with E-state index in [0.717, 1.165) is 116 Å². The fraction of sp³-hybridized carbons (Fsp3) is 0.865. The van der Waals surface area contributed by atoms with Crippen LogP contribution in [0.3, 0.4) is 0 Å². The van der Waals surface area contributed by atoms with Gasteiger partial charge >= 0.3 is 41.8 Å². The van der Waals surface area contributed by atoms with Gasteiger partial charge in [0.2, 0.25) is 5.60 Å². The van der Waals surface area contributed by atoms with Crippen molar-refractivity contribution in [2.45, 2.75) is 244 Å². The summed E-state index contributed by atoms with van der Waals surface area (Å²) in [7, 11) is 0. The van der Waals surface area contributed by atoms with E-state index in [2.05, 4.69) is 26.1 Å². The van der Waals surface area contributed by atoms with Crippen molar-refractivity contribution in [1.82, 2.24) is 5.32 Å². The number of ether oxygens (including phenoxy) is 7. The average Bonchev–Trinajstić information content (AvgIpc) is 3.28. The van der Waals surface area contributed by atoms with Crippen molar-refractivity contribution in [3.05, 3.63) is 0 Å². The highest BCUT2D eigenvalue weighted by atomic mass is 16.6. The molecule has 1 rings (SSSR count). The van der Waals surface area contributed by atoms with E-state index in [1.807, 2.05) is 0 Å². The summed E-state index contributed by atoms with van der Waals surface area (Å²) in [6.07, 6.45) is 23.1. The lowest BCUT2D eigenvalue weighted by Gasteiger charge is -2.30. The van der Waals surface area contributed by atoms with Crippen LogP contribution in [0, 0.1) is 0 Å². The number of hydrogen-bond donors (Lipinski definition) is 1. The molecule has 0 aliphatic heterocycles. The lowest BCUT2D eigenvalue weighted by Crippen LogP contribution is -2.49. The molecule has 0 saturated heterocycles. The molecule has 0 aromatic rings. The second kappa shape index (κ2) is 42.4. The molecule has 15 nitrogen and oxygen atoms in total. The van der Waals surface area contributed by atoms with E-state index in [4.69, 9.17) is 33.2 Å². The topological polar surface area (TPSA) is 196 Å².